The Bertz CT molecular complexity index is 430. The van der Waals surface area contributed by atoms with Crippen LogP contribution in [0.15, 0.2) is 24.3 Å². The molecule has 0 bridgehead atoms. The molecule has 2 unspecified atom stereocenters. The topological polar surface area (TPSA) is 46.3 Å². The van der Waals surface area contributed by atoms with Gasteiger partial charge in [0.15, 0.2) is 0 Å². The lowest BCUT2D eigenvalue weighted by atomic mass is 9.96. The zero-order chi connectivity index (χ0) is 13.1. The molecule has 0 spiro atoms. The number of hydrogen-bond acceptors (Lipinski definition) is 2. The first kappa shape index (κ1) is 12.9. The van der Waals surface area contributed by atoms with Gasteiger partial charge in [-0.05, 0) is 43.9 Å². The Morgan fingerprint density at radius 1 is 1.44 bits per heavy atom. The fraction of sp³-hybridized carbons (Fsp3) is 0.533. The van der Waals surface area contributed by atoms with Crippen LogP contribution in [0, 0.1) is 11.8 Å². The molecule has 0 radical (unpaired) electrons. The molecule has 1 fully saturated rings. The van der Waals surface area contributed by atoms with Crippen molar-refractivity contribution in [2.45, 2.75) is 33.1 Å². The van der Waals surface area contributed by atoms with Crippen molar-refractivity contribution in [3.8, 4) is 0 Å². The van der Waals surface area contributed by atoms with Crippen molar-refractivity contribution in [3.63, 3.8) is 0 Å². The van der Waals surface area contributed by atoms with Gasteiger partial charge in [0, 0.05) is 23.8 Å². The lowest BCUT2D eigenvalue weighted by Gasteiger charge is -2.26. The van der Waals surface area contributed by atoms with E-state index in [1.54, 1.807) is 0 Å². The van der Waals surface area contributed by atoms with E-state index in [1.165, 1.54) is 12.8 Å². The molecule has 2 rings (SSSR count). The van der Waals surface area contributed by atoms with Crippen molar-refractivity contribution in [2.24, 2.45) is 11.8 Å². The SMILES string of the molecule is CCN(C(=O)C1CCCC1C)c1cccc(N)c1. The van der Waals surface area contributed by atoms with Gasteiger partial charge in [-0.15, -0.1) is 0 Å². The summed E-state index contributed by atoms with van der Waals surface area (Å²) < 4.78 is 0. The Balaban J connectivity index is 2.20. The van der Waals surface area contributed by atoms with Crippen LogP contribution >= 0.6 is 0 Å². The second kappa shape index (κ2) is 5.42. The summed E-state index contributed by atoms with van der Waals surface area (Å²) in [7, 11) is 0. The van der Waals surface area contributed by atoms with Crippen LogP contribution in [0.25, 0.3) is 0 Å². The van der Waals surface area contributed by atoms with Crippen LogP contribution in [-0.2, 0) is 4.79 Å². The highest BCUT2D eigenvalue weighted by Gasteiger charge is 2.32. The van der Waals surface area contributed by atoms with Gasteiger partial charge in [0.05, 0.1) is 0 Å². The summed E-state index contributed by atoms with van der Waals surface area (Å²) in [5.41, 5.74) is 7.42. The molecular weight excluding hydrogens is 224 g/mol. The van der Waals surface area contributed by atoms with Crippen LogP contribution in [-0.4, -0.2) is 12.5 Å². The van der Waals surface area contributed by atoms with Gasteiger partial charge < -0.3 is 10.6 Å². The van der Waals surface area contributed by atoms with E-state index >= 15 is 0 Å². The minimum absolute atomic E-state index is 0.186. The van der Waals surface area contributed by atoms with Gasteiger partial charge in [-0.3, -0.25) is 4.79 Å². The molecule has 2 N–H and O–H groups in total. The Hall–Kier alpha value is -1.51. The maximum Gasteiger partial charge on any atom is 0.230 e. The van der Waals surface area contributed by atoms with Crippen LogP contribution in [0.2, 0.25) is 0 Å². The lowest BCUT2D eigenvalue weighted by Crippen LogP contribution is -2.37. The highest BCUT2D eigenvalue weighted by Crippen LogP contribution is 2.33. The summed E-state index contributed by atoms with van der Waals surface area (Å²) in [6.45, 7) is 4.90. The molecule has 18 heavy (non-hydrogen) atoms. The van der Waals surface area contributed by atoms with Crippen LogP contribution < -0.4 is 10.6 Å². The Labute approximate surface area is 109 Å². The molecule has 0 saturated heterocycles. The van der Waals surface area contributed by atoms with E-state index in [4.69, 9.17) is 5.73 Å². The molecule has 3 heteroatoms. The molecule has 98 valence electrons. The average molecular weight is 246 g/mol. The third-order valence-electron chi connectivity index (χ3n) is 3.94. The average Bonchev–Trinajstić information content (AvgIpc) is 2.76. The van der Waals surface area contributed by atoms with Gasteiger partial charge in [0.25, 0.3) is 0 Å². The van der Waals surface area contributed by atoms with Gasteiger partial charge >= 0.3 is 0 Å². The van der Waals surface area contributed by atoms with Crippen molar-refractivity contribution in [1.29, 1.82) is 0 Å². The number of nitrogens with two attached hydrogens (primary N) is 1. The number of benzene rings is 1. The first-order chi connectivity index (χ1) is 8.63. The zero-order valence-corrected chi connectivity index (χ0v) is 11.2. The number of carbonyl (C=O) groups is 1. The fourth-order valence-electron chi connectivity index (χ4n) is 2.87. The molecule has 1 aliphatic carbocycles. The first-order valence-corrected chi connectivity index (χ1v) is 6.80. The number of nitrogens with zero attached hydrogens (tertiary/aromatic N) is 1. The van der Waals surface area contributed by atoms with E-state index in [9.17, 15) is 4.79 Å². The third-order valence-corrected chi connectivity index (χ3v) is 3.94. The maximum absolute atomic E-state index is 12.6. The summed E-state index contributed by atoms with van der Waals surface area (Å²) >= 11 is 0. The highest BCUT2D eigenvalue weighted by atomic mass is 16.2. The highest BCUT2D eigenvalue weighted by molar-refractivity contribution is 5.95. The Morgan fingerprint density at radius 3 is 2.78 bits per heavy atom. The summed E-state index contributed by atoms with van der Waals surface area (Å²) in [6.07, 6.45) is 3.37. The van der Waals surface area contributed by atoms with Gasteiger partial charge in [-0.25, -0.2) is 0 Å². The predicted octanol–water partition coefficient (Wildman–Crippen LogP) is 3.06. The van der Waals surface area contributed by atoms with Crippen molar-refractivity contribution in [1.82, 2.24) is 0 Å². The van der Waals surface area contributed by atoms with Gasteiger partial charge in [-0.1, -0.05) is 19.4 Å². The molecule has 0 heterocycles. The summed E-state index contributed by atoms with van der Waals surface area (Å²) in [6, 6.07) is 7.58. The normalized spacial score (nSPS) is 23.0. The van der Waals surface area contributed by atoms with E-state index in [0.29, 0.717) is 18.2 Å². The maximum atomic E-state index is 12.6. The van der Waals surface area contributed by atoms with E-state index in [2.05, 4.69) is 6.92 Å². The van der Waals surface area contributed by atoms with Crippen LogP contribution in [0.3, 0.4) is 0 Å². The van der Waals surface area contributed by atoms with Gasteiger partial charge in [-0.2, -0.15) is 0 Å². The minimum Gasteiger partial charge on any atom is -0.399 e. The molecule has 0 aliphatic heterocycles. The molecule has 1 saturated carbocycles. The van der Waals surface area contributed by atoms with Crippen molar-refractivity contribution in [2.75, 3.05) is 17.2 Å². The second-order valence-electron chi connectivity index (χ2n) is 5.19. The number of carbonyl (C=O) groups excluding carboxylic acids is 1. The number of amides is 1. The smallest absolute Gasteiger partial charge is 0.230 e. The largest absolute Gasteiger partial charge is 0.399 e. The van der Waals surface area contributed by atoms with E-state index in [1.807, 2.05) is 36.1 Å². The molecule has 1 aliphatic rings. The van der Waals surface area contributed by atoms with Crippen molar-refractivity contribution in [3.05, 3.63) is 24.3 Å². The number of hydrogen-bond donors (Lipinski definition) is 1. The molecule has 2 atom stereocenters. The van der Waals surface area contributed by atoms with E-state index < -0.39 is 0 Å². The zero-order valence-electron chi connectivity index (χ0n) is 11.2. The monoisotopic (exact) mass is 246 g/mol. The molecule has 1 aromatic rings. The van der Waals surface area contributed by atoms with Crippen molar-refractivity contribution < 1.29 is 4.79 Å². The number of nitrogen functional groups attached to an aromatic ring is 1. The van der Waals surface area contributed by atoms with Gasteiger partial charge in [0.1, 0.15) is 0 Å². The standard InChI is InChI=1S/C15H22N2O/c1-3-17(13-8-5-7-12(16)10-13)15(18)14-9-4-6-11(14)2/h5,7-8,10-11,14H,3-4,6,9,16H2,1-2H3. The Morgan fingerprint density at radius 2 is 2.22 bits per heavy atom. The Kier molecular flexibility index (Phi) is 3.90. The lowest BCUT2D eigenvalue weighted by molar-refractivity contribution is -0.123. The summed E-state index contributed by atoms with van der Waals surface area (Å²) in [4.78, 5) is 14.4. The first-order valence-electron chi connectivity index (χ1n) is 6.80. The third kappa shape index (κ3) is 2.50. The quantitative estimate of drug-likeness (QED) is 0.833. The van der Waals surface area contributed by atoms with Crippen LogP contribution in [0.1, 0.15) is 33.1 Å². The molecule has 0 aromatic heterocycles. The minimum atomic E-state index is 0.186. The summed E-state index contributed by atoms with van der Waals surface area (Å²) in [5, 5.41) is 0. The molecule has 1 aromatic carbocycles. The van der Waals surface area contributed by atoms with Crippen LogP contribution in [0.5, 0.6) is 0 Å². The number of rotatable bonds is 3. The van der Waals surface area contributed by atoms with E-state index in [-0.39, 0.29) is 11.8 Å². The number of anilines is 2. The molecule has 1 amide bonds. The molecular formula is C15H22N2O. The predicted molar refractivity (Wildman–Crippen MR) is 75.4 cm³/mol. The summed E-state index contributed by atoms with van der Waals surface area (Å²) in [5.74, 6) is 0.951. The van der Waals surface area contributed by atoms with E-state index in [0.717, 1.165) is 12.1 Å². The van der Waals surface area contributed by atoms with Crippen molar-refractivity contribution >= 4 is 17.3 Å². The molecule has 3 nitrogen and oxygen atoms in total. The van der Waals surface area contributed by atoms with Crippen LogP contribution in [0.4, 0.5) is 11.4 Å². The fourth-order valence-corrected chi connectivity index (χ4v) is 2.87. The van der Waals surface area contributed by atoms with Gasteiger partial charge in [0.2, 0.25) is 5.91 Å². The second-order valence-corrected chi connectivity index (χ2v) is 5.19.